The normalized spacial score (nSPS) is 11.2. The van der Waals surface area contributed by atoms with Crippen molar-refractivity contribution in [2.24, 2.45) is 12.1 Å². The molecule has 0 saturated carbocycles. The summed E-state index contributed by atoms with van der Waals surface area (Å²) in [6.07, 6.45) is 0. The lowest BCUT2D eigenvalue weighted by molar-refractivity contribution is 0.0697. The number of hydrogen-bond donors (Lipinski definition) is 4. The molecule has 1 heterocycles. The average molecular weight is 423 g/mol. The number of nitrogens with one attached hydrogen (secondary N) is 2. The molecule has 0 amide bonds. The van der Waals surface area contributed by atoms with E-state index in [-0.39, 0.29) is 16.4 Å². The first-order chi connectivity index (χ1) is 14.3. The number of thiocarbonyl (C=S) groups is 1. The number of hydrogen-bond acceptors (Lipinski definition) is 5. The summed E-state index contributed by atoms with van der Waals surface area (Å²) in [5, 5.41) is 31.3. The van der Waals surface area contributed by atoms with Crippen LogP contribution >= 0.6 is 12.2 Å². The zero-order valence-corrected chi connectivity index (χ0v) is 17.5. The van der Waals surface area contributed by atoms with Crippen LogP contribution in [0.15, 0.2) is 53.6 Å². The van der Waals surface area contributed by atoms with Gasteiger partial charge in [0.25, 0.3) is 0 Å². The van der Waals surface area contributed by atoms with E-state index >= 15 is 0 Å². The molecule has 0 unspecified atom stereocenters. The first-order valence-corrected chi connectivity index (χ1v) is 9.45. The number of aryl methyl sites for hydroxylation is 2. The van der Waals surface area contributed by atoms with Crippen LogP contribution in [0.5, 0.6) is 5.75 Å². The quantitative estimate of drug-likeness (QED) is 0.282. The summed E-state index contributed by atoms with van der Waals surface area (Å²) in [5.41, 5.74) is 6.87. The number of carboxylic acids is 1. The molecule has 3 rings (SSSR count). The van der Waals surface area contributed by atoms with Gasteiger partial charge in [0.05, 0.1) is 11.3 Å². The standard InChI is InChI=1S/C21H21N5O3S/c1-12-4-6-14(7-5-12)18-19(27)17(25-26(18)3)13(2)23-24-21(30)22-16-10-8-15(9-11-16)20(28)29/h4-11,27H,1-3H3,(H,28,29)(H2,22,24,30)/b23-13-. The van der Waals surface area contributed by atoms with Gasteiger partial charge >= 0.3 is 5.97 Å². The number of hydrazone groups is 1. The van der Waals surface area contributed by atoms with E-state index in [1.165, 1.54) is 12.1 Å². The number of aromatic carboxylic acids is 1. The maximum Gasteiger partial charge on any atom is 0.335 e. The van der Waals surface area contributed by atoms with Crippen LogP contribution in [-0.4, -0.2) is 36.8 Å². The van der Waals surface area contributed by atoms with E-state index < -0.39 is 5.97 Å². The lowest BCUT2D eigenvalue weighted by Gasteiger charge is -2.08. The third-order valence-corrected chi connectivity index (χ3v) is 4.60. The summed E-state index contributed by atoms with van der Waals surface area (Å²) >= 11 is 5.21. The Morgan fingerprint density at radius 3 is 2.37 bits per heavy atom. The fourth-order valence-electron chi connectivity index (χ4n) is 2.83. The molecule has 0 radical (unpaired) electrons. The topological polar surface area (TPSA) is 112 Å². The van der Waals surface area contributed by atoms with Crippen LogP contribution in [0.25, 0.3) is 11.3 Å². The molecular formula is C21H21N5O3S. The number of carboxylic acid groups (broad SMARTS) is 1. The van der Waals surface area contributed by atoms with E-state index in [1.807, 2.05) is 31.2 Å². The van der Waals surface area contributed by atoms with Gasteiger partial charge < -0.3 is 15.5 Å². The fraction of sp³-hybridized carbons (Fsp3) is 0.143. The smallest absolute Gasteiger partial charge is 0.335 e. The minimum absolute atomic E-state index is 0.0348. The van der Waals surface area contributed by atoms with E-state index in [2.05, 4.69) is 20.9 Å². The Hall–Kier alpha value is -3.72. The van der Waals surface area contributed by atoms with Gasteiger partial charge in [-0.1, -0.05) is 29.8 Å². The van der Waals surface area contributed by atoms with Crippen LogP contribution in [-0.2, 0) is 7.05 Å². The van der Waals surface area contributed by atoms with Crippen molar-refractivity contribution in [3.05, 3.63) is 65.4 Å². The van der Waals surface area contributed by atoms with Crippen LogP contribution < -0.4 is 10.7 Å². The van der Waals surface area contributed by atoms with Crippen LogP contribution in [0, 0.1) is 6.92 Å². The van der Waals surface area contributed by atoms with Gasteiger partial charge in [-0.05, 0) is 50.3 Å². The second-order valence-electron chi connectivity index (χ2n) is 6.68. The summed E-state index contributed by atoms with van der Waals surface area (Å²) in [4.78, 5) is 10.9. The molecule has 0 fully saturated rings. The number of nitrogens with zero attached hydrogens (tertiary/aromatic N) is 3. The second-order valence-corrected chi connectivity index (χ2v) is 7.09. The Bertz CT molecular complexity index is 1120. The van der Waals surface area contributed by atoms with E-state index in [9.17, 15) is 9.90 Å². The molecule has 0 bridgehead atoms. The molecule has 3 aromatic rings. The van der Waals surface area contributed by atoms with Crippen LogP contribution in [0.4, 0.5) is 5.69 Å². The van der Waals surface area contributed by atoms with E-state index in [1.54, 1.807) is 30.8 Å². The zero-order chi connectivity index (χ0) is 21.8. The van der Waals surface area contributed by atoms with Gasteiger partial charge in [0.1, 0.15) is 5.69 Å². The third-order valence-electron chi connectivity index (χ3n) is 4.40. The van der Waals surface area contributed by atoms with Crippen molar-refractivity contribution in [3.63, 3.8) is 0 Å². The summed E-state index contributed by atoms with van der Waals surface area (Å²) in [5.74, 6) is -0.963. The summed E-state index contributed by atoms with van der Waals surface area (Å²) in [6.45, 7) is 3.70. The molecule has 2 aromatic carbocycles. The first kappa shape index (κ1) is 21.0. The highest BCUT2D eigenvalue weighted by atomic mass is 32.1. The maximum atomic E-state index is 10.9. The van der Waals surface area contributed by atoms with Gasteiger partial charge in [0.2, 0.25) is 0 Å². The Morgan fingerprint density at radius 1 is 1.13 bits per heavy atom. The minimum Gasteiger partial charge on any atom is -0.504 e. The van der Waals surface area contributed by atoms with Gasteiger partial charge in [-0.3, -0.25) is 10.1 Å². The Morgan fingerprint density at radius 2 is 1.77 bits per heavy atom. The zero-order valence-electron chi connectivity index (χ0n) is 16.7. The monoisotopic (exact) mass is 423 g/mol. The highest BCUT2D eigenvalue weighted by Gasteiger charge is 2.19. The van der Waals surface area contributed by atoms with Crippen molar-refractivity contribution in [2.75, 3.05) is 5.32 Å². The first-order valence-electron chi connectivity index (χ1n) is 9.04. The highest BCUT2D eigenvalue weighted by Crippen LogP contribution is 2.32. The molecule has 0 aliphatic rings. The largest absolute Gasteiger partial charge is 0.504 e. The molecular weight excluding hydrogens is 402 g/mol. The van der Waals surface area contributed by atoms with Gasteiger partial charge in [-0.25, -0.2) is 4.79 Å². The van der Waals surface area contributed by atoms with Crippen LogP contribution in [0.2, 0.25) is 0 Å². The van der Waals surface area contributed by atoms with Gasteiger partial charge in [0.15, 0.2) is 16.6 Å². The molecule has 1 aromatic heterocycles. The molecule has 0 aliphatic carbocycles. The number of aromatic nitrogens is 2. The van der Waals surface area contributed by atoms with E-state index in [0.29, 0.717) is 22.8 Å². The summed E-state index contributed by atoms with van der Waals surface area (Å²) in [7, 11) is 1.76. The number of benzene rings is 2. The Kier molecular flexibility index (Phi) is 6.12. The third kappa shape index (κ3) is 4.64. The molecule has 9 heteroatoms. The Labute approximate surface area is 178 Å². The van der Waals surface area contributed by atoms with Crippen molar-refractivity contribution in [1.82, 2.24) is 15.2 Å². The SMILES string of the molecule is C/C(=N/NC(=S)Nc1ccc(C(=O)O)cc1)c1nn(C)c(-c2ccc(C)cc2)c1O. The molecule has 4 N–H and O–H groups in total. The predicted octanol–water partition coefficient (Wildman–Crippen LogP) is 3.51. The highest BCUT2D eigenvalue weighted by molar-refractivity contribution is 7.80. The average Bonchev–Trinajstić information content (AvgIpc) is 3.01. The van der Waals surface area contributed by atoms with Crippen molar-refractivity contribution in [3.8, 4) is 17.0 Å². The molecule has 0 spiro atoms. The lowest BCUT2D eigenvalue weighted by Crippen LogP contribution is -2.25. The van der Waals surface area contributed by atoms with Crippen molar-refractivity contribution in [1.29, 1.82) is 0 Å². The van der Waals surface area contributed by atoms with Crippen LogP contribution in [0.3, 0.4) is 0 Å². The maximum absolute atomic E-state index is 10.9. The van der Waals surface area contributed by atoms with Gasteiger partial charge in [0, 0.05) is 18.3 Å². The van der Waals surface area contributed by atoms with E-state index in [0.717, 1.165) is 11.1 Å². The van der Waals surface area contributed by atoms with Crippen molar-refractivity contribution >= 4 is 34.7 Å². The molecule has 30 heavy (non-hydrogen) atoms. The number of anilines is 1. The lowest BCUT2D eigenvalue weighted by atomic mass is 10.1. The van der Waals surface area contributed by atoms with E-state index in [4.69, 9.17) is 17.3 Å². The number of aromatic hydroxyl groups is 1. The molecule has 154 valence electrons. The van der Waals surface area contributed by atoms with Crippen molar-refractivity contribution in [2.45, 2.75) is 13.8 Å². The predicted molar refractivity (Wildman–Crippen MR) is 120 cm³/mol. The summed E-state index contributed by atoms with van der Waals surface area (Å²) < 4.78 is 1.61. The Balaban J connectivity index is 1.72. The molecule has 0 saturated heterocycles. The van der Waals surface area contributed by atoms with Gasteiger partial charge in [-0.15, -0.1) is 0 Å². The second kappa shape index (κ2) is 8.75. The van der Waals surface area contributed by atoms with Gasteiger partial charge in [-0.2, -0.15) is 10.2 Å². The molecule has 0 aliphatic heterocycles. The number of rotatable bonds is 5. The molecule has 0 atom stereocenters. The fourth-order valence-corrected chi connectivity index (χ4v) is 3.00. The van der Waals surface area contributed by atoms with Crippen LogP contribution in [0.1, 0.15) is 28.5 Å². The summed E-state index contributed by atoms with van der Waals surface area (Å²) in [6, 6.07) is 13.9. The van der Waals surface area contributed by atoms with Crippen molar-refractivity contribution < 1.29 is 15.0 Å². The molecule has 8 nitrogen and oxygen atoms in total. The number of carbonyl (C=O) groups is 1. The minimum atomic E-state index is -0.998.